The Morgan fingerprint density at radius 2 is 2.03 bits per heavy atom. The Hall–Kier alpha value is -2.54. The number of carbonyl (C=O) groups excluding carboxylic acids is 1. The normalized spacial score (nSPS) is 27.6. The SMILES string of the molecule is CN(C)c1ccc(CNC(=O)c2nccn2[C@]2(O)O[C@H](C(N)O)[C@@H](O)[C@H]2O)cc1. The number of benzene rings is 1. The van der Waals surface area contributed by atoms with E-state index in [0.717, 1.165) is 15.8 Å². The van der Waals surface area contributed by atoms with Crippen molar-refractivity contribution in [3.8, 4) is 0 Å². The van der Waals surface area contributed by atoms with Gasteiger partial charge in [-0.15, -0.1) is 0 Å². The maximum Gasteiger partial charge on any atom is 0.287 e. The molecular weight excluding hydrogens is 382 g/mol. The van der Waals surface area contributed by atoms with Crippen LogP contribution >= 0.6 is 0 Å². The van der Waals surface area contributed by atoms with Gasteiger partial charge < -0.3 is 41.1 Å². The number of rotatable bonds is 6. The number of amides is 1. The number of nitrogens with one attached hydrogen (secondary N) is 1. The highest BCUT2D eigenvalue weighted by Crippen LogP contribution is 2.34. The van der Waals surface area contributed by atoms with Gasteiger partial charge in [0.05, 0.1) is 0 Å². The van der Waals surface area contributed by atoms with Gasteiger partial charge in [0.2, 0.25) is 5.82 Å². The number of anilines is 1. The summed E-state index contributed by atoms with van der Waals surface area (Å²) in [4.78, 5) is 18.4. The highest BCUT2D eigenvalue weighted by molar-refractivity contribution is 5.90. The zero-order valence-corrected chi connectivity index (χ0v) is 16.0. The smallest absolute Gasteiger partial charge is 0.287 e. The molecule has 11 heteroatoms. The van der Waals surface area contributed by atoms with Crippen molar-refractivity contribution in [2.45, 2.75) is 37.0 Å². The van der Waals surface area contributed by atoms with Gasteiger partial charge in [0.15, 0.2) is 6.10 Å². The van der Waals surface area contributed by atoms with Crippen LogP contribution in [0, 0.1) is 0 Å². The zero-order chi connectivity index (χ0) is 21.3. The van der Waals surface area contributed by atoms with Gasteiger partial charge in [-0.05, 0) is 17.7 Å². The highest BCUT2D eigenvalue weighted by Gasteiger charge is 2.57. The molecule has 11 nitrogen and oxygen atoms in total. The lowest BCUT2D eigenvalue weighted by atomic mass is 10.1. The second-order valence-corrected chi connectivity index (χ2v) is 7.03. The molecule has 1 aromatic carbocycles. The Bertz CT molecular complexity index is 855. The quantitative estimate of drug-likeness (QED) is 0.293. The average molecular weight is 407 g/mol. The van der Waals surface area contributed by atoms with Gasteiger partial charge in [-0.1, -0.05) is 12.1 Å². The van der Waals surface area contributed by atoms with Crippen LogP contribution in [0.5, 0.6) is 0 Å². The fraction of sp³-hybridized carbons (Fsp3) is 0.444. The molecule has 1 aliphatic heterocycles. The van der Waals surface area contributed by atoms with Gasteiger partial charge in [-0.25, -0.2) is 4.98 Å². The third-order valence-corrected chi connectivity index (χ3v) is 4.79. The van der Waals surface area contributed by atoms with E-state index in [2.05, 4.69) is 10.3 Å². The third kappa shape index (κ3) is 3.96. The molecule has 1 aromatic heterocycles. The first-order valence-electron chi connectivity index (χ1n) is 8.93. The minimum Gasteiger partial charge on any atom is -0.387 e. The maximum absolute atomic E-state index is 12.6. The first kappa shape index (κ1) is 21.2. The van der Waals surface area contributed by atoms with Crippen molar-refractivity contribution in [1.82, 2.24) is 14.9 Å². The van der Waals surface area contributed by atoms with Crippen LogP contribution in [0.4, 0.5) is 5.69 Å². The molecule has 0 aliphatic carbocycles. The molecule has 1 aliphatic rings. The van der Waals surface area contributed by atoms with Crippen molar-refractivity contribution in [3.63, 3.8) is 0 Å². The van der Waals surface area contributed by atoms with E-state index in [1.54, 1.807) is 0 Å². The summed E-state index contributed by atoms with van der Waals surface area (Å²) in [6.07, 6.45) is -4.21. The number of nitrogens with zero attached hydrogens (tertiary/aromatic N) is 3. The number of ether oxygens (including phenoxy) is 1. The molecule has 7 N–H and O–H groups in total. The number of nitrogens with two attached hydrogens (primary N) is 1. The lowest BCUT2D eigenvalue weighted by Crippen LogP contribution is -2.47. The Balaban J connectivity index is 1.75. The predicted molar refractivity (Wildman–Crippen MR) is 101 cm³/mol. The number of aliphatic hydroxyl groups is 4. The lowest BCUT2D eigenvalue weighted by molar-refractivity contribution is -0.293. The summed E-state index contributed by atoms with van der Waals surface area (Å²) in [5.74, 6) is -3.42. The van der Waals surface area contributed by atoms with Gasteiger partial charge in [0.25, 0.3) is 11.8 Å². The van der Waals surface area contributed by atoms with Crippen LogP contribution in [0.2, 0.25) is 0 Å². The topological polar surface area (TPSA) is 166 Å². The summed E-state index contributed by atoms with van der Waals surface area (Å²) < 4.78 is 6.07. The van der Waals surface area contributed by atoms with Gasteiger partial charge in [-0.2, -0.15) is 0 Å². The number of carbonyl (C=O) groups is 1. The largest absolute Gasteiger partial charge is 0.387 e. The second kappa shape index (κ2) is 8.06. The minimum atomic E-state index is -2.53. The summed E-state index contributed by atoms with van der Waals surface area (Å²) in [6, 6.07) is 7.55. The molecule has 1 fully saturated rings. The third-order valence-electron chi connectivity index (χ3n) is 4.79. The summed E-state index contributed by atoms with van der Waals surface area (Å²) in [6.45, 7) is 0.202. The molecule has 2 aromatic rings. The first-order chi connectivity index (χ1) is 13.6. The van der Waals surface area contributed by atoms with Gasteiger partial charge in [0, 0.05) is 38.7 Å². The van der Waals surface area contributed by atoms with E-state index in [4.69, 9.17) is 10.5 Å². The molecule has 1 unspecified atom stereocenters. The van der Waals surface area contributed by atoms with Crippen molar-refractivity contribution in [2.24, 2.45) is 5.73 Å². The summed E-state index contributed by atoms with van der Waals surface area (Å²) in [7, 11) is 3.85. The van der Waals surface area contributed by atoms with Crippen molar-refractivity contribution < 1.29 is 30.0 Å². The standard InChI is InChI=1S/C18H25N5O6/c1-22(2)11-5-3-10(4-6-11)9-21-17(27)16-20-7-8-23(16)18(28)14(25)12(24)13(29-18)15(19)26/h3-8,12-15,24-26,28H,9,19H2,1-2H3,(H,21,27)/t12-,13+,14-,15?,18-/m1/s1. The molecule has 3 rings (SSSR count). The number of aliphatic hydroxyl groups excluding tert-OH is 3. The van der Waals surface area contributed by atoms with Crippen molar-refractivity contribution >= 4 is 11.6 Å². The van der Waals surface area contributed by atoms with Gasteiger partial charge in [0.1, 0.15) is 18.4 Å². The van der Waals surface area contributed by atoms with Gasteiger partial charge >= 0.3 is 0 Å². The molecule has 29 heavy (non-hydrogen) atoms. The molecular formula is C18H25N5O6. The van der Waals surface area contributed by atoms with Crippen LogP contribution in [0.15, 0.2) is 36.7 Å². The van der Waals surface area contributed by atoms with Crippen LogP contribution < -0.4 is 16.0 Å². The molecule has 0 bridgehead atoms. The second-order valence-electron chi connectivity index (χ2n) is 7.03. The van der Waals surface area contributed by atoms with Crippen LogP contribution in [0.1, 0.15) is 16.2 Å². The molecule has 0 saturated carbocycles. The Morgan fingerprint density at radius 3 is 2.59 bits per heavy atom. The number of hydrogen-bond donors (Lipinski definition) is 6. The predicted octanol–water partition coefficient (Wildman–Crippen LogP) is -2.12. The molecule has 1 saturated heterocycles. The van der Waals surface area contributed by atoms with Crippen LogP contribution in [-0.4, -0.2) is 74.5 Å². The van der Waals surface area contributed by atoms with E-state index in [-0.39, 0.29) is 12.4 Å². The van der Waals surface area contributed by atoms with Crippen LogP contribution in [0.25, 0.3) is 0 Å². The summed E-state index contributed by atoms with van der Waals surface area (Å²) in [5, 5.41) is 43.1. The van der Waals surface area contributed by atoms with Crippen molar-refractivity contribution in [1.29, 1.82) is 0 Å². The van der Waals surface area contributed by atoms with E-state index in [1.165, 1.54) is 12.4 Å². The van der Waals surface area contributed by atoms with E-state index < -0.39 is 36.4 Å². The molecule has 0 spiro atoms. The maximum atomic E-state index is 12.6. The van der Waals surface area contributed by atoms with Crippen LogP contribution in [0.3, 0.4) is 0 Å². The van der Waals surface area contributed by atoms with Crippen molar-refractivity contribution in [3.05, 3.63) is 48.0 Å². The monoisotopic (exact) mass is 407 g/mol. The summed E-state index contributed by atoms with van der Waals surface area (Å²) >= 11 is 0. The zero-order valence-electron chi connectivity index (χ0n) is 16.0. The van der Waals surface area contributed by atoms with E-state index in [9.17, 15) is 25.2 Å². The average Bonchev–Trinajstić information content (AvgIpc) is 3.27. The Morgan fingerprint density at radius 1 is 1.38 bits per heavy atom. The van der Waals surface area contributed by atoms with E-state index in [0.29, 0.717) is 0 Å². The van der Waals surface area contributed by atoms with E-state index >= 15 is 0 Å². The molecule has 1 amide bonds. The highest BCUT2D eigenvalue weighted by atomic mass is 16.7. The summed E-state index contributed by atoms with van der Waals surface area (Å²) in [5.41, 5.74) is 7.17. The number of aromatic nitrogens is 2. The van der Waals surface area contributed by atoms with E-state index in [1.807, 2.05) is 43.3 Å². The minimum absolute atomic E-state index is 0.202. The lowest BCUT2D eigenvalue weighted by Gasteiger charge is -2.28. The molecule has 158 valence electrons. The Labute approximate surface area is 167 Å². The fourth-order valence-corrected chi connectivity index (χ4v) is 3.12. The van der Waals surface area contributed by atoms with Gasteiger partial charge in [-0.3, -0.25) is 9.36 Å². The van der Waals surface area contributed by atoms with Crippen LogP contribution in [-0.2, 0) is 17.2 Å². The Kier molecular flexibility index (Phi) is 5.89. The number of imidazole rings is 1. The van der Waals surface area contributed by atoms with Crippen molar-refractivity contribution in [2.75, 3.05) is 19.0 Å². The fourth-order valence-electron chi connectivity index (χ4n) is 3.12. The number of hydrogen-bond acceptors (Lipinski definition) is 9. The molecule has 2 heterocycles. The molecule has 0 radical (unpaired) electrons. The molecule has 5 atom stereocenters. The first-order valence-corrected chi connectivity index (χ1v) is 8.93.